The number of carbonyl (C=O) groups is 2. The molecule has 3 rings (SSSR count). The molecule has 2 aromatic rings. The van der Waals surface area contributed by atoms with Crippen LogP contribution in [0.15, 0.2) is 54.6 Å². The van der Waals surface area contributed by atoms with E-state index in [9.17, 15) is 9.59 Å². The van der Waals surface area contributed by atoms with Crippen LogP contribution in [-0.2, 0) is 20.7 Å². The van der Waals surface area contributed by atoms with E-state index in [0.29, 0.717) is 26.1 Å². The number of methoxy groups -OCH3 is 1. The average molecular weight is 396 g/mol. The molecule has 1 saturated heterocycles. The predicted molar refractivity (Wildman–Crippen MR) is 111 cm³/mol. The molecule has 1 aliphatic heterocycles. The number of hydrogen-bond donors (Lipinski definition) is 1. The summed E-state index contributed by atoms with van der Waals surface area (Å²) < 4.78 is 11.0. The highest BCUT2D eigenvalue weighted by Gasteiger charge is 2.40. The molecule has 0 saturated carbocycles. The number of ether oxygens (including phenoxy) is 2. The lowest BCUT2D eigenvalue weighted by Gasteiger charge is -2.23. The minimum Gasteiger partial charge on any atom is -0.488 e. The fourth-order valence-electron chi connectivity index (χ4n) is 3.59. The van der Waals surface area contributed by atoms with Crippen LogP contribution in [0.2, 0.25) is 0 Å². The van der Waals surface area contributed by atoms with Gasteiger partial charge in [-0.2, -0.15) is 0 Å². The first kappa shape index (κ1) is 20.9. The summed E-state index contributed by atoms with van der Waals surface area (Å²) in [4.78, 5) is 27.4. The highest BCUT2D eigenvalue weighted by molar-refractivity contribution is 5.89. The highest BCUT2D eigenvalue weighted by Crippen LogP contribution is 2.24. The molecule has 0 radical (unpaired) electrons. The zero-order valence-electron chi connectivity index (χ0n) is 17.0. The van der Waals surface area contributed by atoms with Gasteiger partial charge in [-0.3, -0.25) is 9.59 Å². The maximum absolute atomic E-state index is 13.0. The van der Waals surface area contributed by atoms with Crippen LogP contribution in [0.5, 0.6) is 5.75 Å². The maximum Gasteiger partial charge on any atom is 0.243 e. The fraction of sp³-hybridized carbons (Fsp3) is 0.391. The zero-order valence-corrected chi connectivity index (χ0v) is 17.0. The van der Waals surface area contributed by atoms with Crippen molar-refractivity contribution >= 4 is 11.8 Å². The highest BCUT2D eigenvalue weighted by atomic mass is 16.5. The van der Waals surface area contributed by atoms with Crippen molar-refractivity contribution in [3.05, 3.63) is 65.7 Å². The third kappa shape index (κ3) is 5.81. The Morgan fingerprint density at radius 1 is 1.14 bits per heavy atom. The molecule has 1 heterocycles. The van der Waals surface area contributed by atoms with E-state index in [2.05, 4.69) is 5.32 Å². The van der Waals surface area contributed by atoms with Crippen LogP contribution in [0.3, 0.4) is 0 Å². The van der Waals surface area contributed by atoms with E-state index in [1.165, 1.54) is 0 Å². The van der Waals surface area contributed by atoms with Crippen LogP contribution in [0.25, 0.3) is 0 Å². The van der Waals surface area contributed by atoms with E-state index in [1.54, 1.807) is 12.0 Å². The summed E-state index contributed by atoms with van der Waals surface area (Å²) in [6.07, 6.45) is 0.506. The quantitative estimate of drug-likeness (QED) is 0.696. The Morgan fingerprint density at radius 2 is 1.93 bits per heavy atom. The Kier molecular flexibility index (Phi) is 7.25. The SMILES string of the molecule is COCCNC(=O)[C@H]1C[C@H](Oc2ccccc2)CN1C(=O)Cc1cccc(C)c1. The van der Waals surface area contributed by atoms with Gasteiger partial charge in [0.25, 0.3) is 0 Å². The second-order valence-corrected chi connectivity index (χ2v) is 7.30. The fourth-order valence-corrected chi connectivity index (χ4v) is 3.59. The molecule has 2 atom stereocenters. The van der Waals surface area contributed by atoms with Gasteiger partial charge in [-0.15, -0.1) is 0 Å². The van der Waals surface area contributed by atoms with E-state index >= 15 is 0 Å². The summed E-state index contributed by atoms with van der Waals surface area (Å²) in [5.41, 5.74) is 2.05. The molecular formula is C23H28N2O4. The van der Waals surface area contributed by atoms with Crippen molar-refractivity contribution in [3.8, 4) is 5.75 Å². The smallest absolute Gasteiger partial charge is 0.243 e. The Bertz CT molecular complexity index is 825. The van der Waals surface area contributed by atoms with Crippen molar-refractivity contribution in [2.24, 2.45) is 0 Å². The number of rotatable bonds is 8. The van der Waals surface area contributed by atoms with Gasteiger partial charge in [0, 0.05) is 20.1 Å². The summed E-state index contributed by atoms with van der Waals surface area (Å²) >= 11 is 0. The van der Waals surface area contributed by atoms with Gasteiger partial charge < -0.3 is 19.7 Å². The van der Waals surface area contributed by atoms with Gasteiger partial charge in [0.15, 0.2) is 0 Å². The molecule has 29 heavy (non-hydrogen) atoms. The number of benzene rings is 2. The van der Waals surface area contributed by atoms with Gasteiger partial charge in [0.1, 0.15) is 17.9 Å². The zero-order chi connectivity index (χ0) is 20.6. The molecule has 0 aromatic heterocycles. The van der Waals surface area contributed by atoms with Crippen molar-refractivity contribution in [1.29, 1.82) is 0 Å². The summed E-state index contributed by atoms with van der Waals surface area (Å²) in [7, 11) is 1.59. The molecule has 0 unspecified atom stereocenters. The second kappa shape index (κ2) is 10.1. The number of nitrogens with zero attached hydrogens (tertiary/aromatic N) is 1. The molecule has 0 bridgehead atoms. The van der Waals surface area contributed by atoms with E-state index < -0.39 is 6.04 Å². The van der Waals surface area contributed by atoms with Crippen molar-refractivity contribution in [1.82, 2.24) is 10.2 Å². The largest absolute Gasteiger partial charge is 0.488 e. The number of aryl methyl sites for hydroxylation is 1. The van der Waals surface area contributed by atoms with Crippen molar-refractivity contribution in [2.75, 3.05) is 26.8 Å². The third-order valence-corrected chi connectivity index (χ3v) is 4.97. The number of amides is 2. The van der Waals surface area contributed by atoms with Gasteiger partial charge in [-0.05, 0) is 24.6 Å². The number of para-hydroxylation sites is 1. The van der Waals surface area contributed by atoms with Gasteiger partial charge in [0.05, 0.1) is 19.6 Å². The van der Waals surface area contributed by atoms with Crippen LogP contribution in [-0.4, -0.2) is 55.7 Å². The van der Waals surface area contributed by atoms with Gasteiger partial charge in [-0.1, -0.05) is 48.0 Å². The summed E-state index contributed by atoms with van der Waals surface area (Å²) in [6, 6.07) is 16.8. The molecule has 6 nitrogen and oxygen atoms in total. The topological polar surface area (TPSA) is 67.9 Å². The lowest BCUT2D eigenvalue weighted by atomic mass is 10.1. The number of nitrogens with one attached hydrogen (secondary N) is 1. The Hall–Kier alpha value is -2.86. The van der Waals surface area contributed by atoms with Crippen molar-refractivity contribution in [3.63, 3.8) is 0 Å². The van der Waals surface area contributed by atoms with Crippen molar-refractivity contribution < 1.29 is 19.1 Å². The first-order valence-electron chi connectivity index (χ1n) is 9.90. The Balaban J connectivity index is 1.70. The maximum atomic E-state index is 13.0. The Morgan fingerprint density at radius 3 is 2.66 bits per heavy atom. The Labute approximate surface area is 171 Å². The number of carbonyl (C=O) groups excluding carboxylic acids is 2. The first-order chi connectivity index (χ1) is 14.1. The summed E-state index contributed by atoms with van der Waals surface area (Å²) in [6.45, 7) is 3.23. The lowest BCUT2D eigenvalue weighted by Crippen LogP contribution is -2.47. The first-order valence-corrected chi connectivity index (χ1v) is 9.90. The molecule has 2 aromatic carbocycles. The van der Waals surface area contributed by atoms with E-state index in [4.69, 9.17) is 9.47 Å². The number of likely N-dealkylation sites (tertiary alicyclic amines) is 1. The molecule has 0 spiro atoms. The molecule has 1 fully saturated rings. The van der Waals surface area contributed by atoms with Crippen LogP contribution in [0.1, 0.15) is 17.5 Å². The molecule has 2 amide bonds. The van der Waals surface area contributed by atoms with Crippen LogP contribution >= 0.6 is 0 Å². The van der Waals surface area contributed by atoms with Gasteiger partial charge >= 0.3 is 0 Å². The number of hydrogen-bond acceptors (Lipinski definition) is 4. The molecule has 0 aliphatic carbocycles. The van der Waals surface area contributed by atoms with Crippen LogP contribution < -0.4 is 10.1 Å². The summed E-state index contributed by atoms with van der Waals surface area (Å²) in [5.74, 6) is 0.504. The standard InChI is InChI=1S/C23H28N2O4/c1-17-7-6-8-18(13-17)14-22(26)25-16-20(29-19-9-4-3-5-10-19)15-21(25)23(27)24-11-12-28-2/h3-10,13,20-21H,11-12,14-16H2,1-2H3,(H,24,27)/t20-,21+/m0/s1. The van der Waals surface area contributed by atoms with Gasteiger partial charge in [-0.25, -0.2) is 0 Å². The monoisotopic (exact) mass is 396 g/mol. The summed E-state index contributed by atoms with van der Waals surface area (Å²) in [5, 5.41) is 2.85. The average Bonchev–Trinajstić information content (AvgIpc) is 3.13. The normalized spacial score (nSPS) is 18.5. The third-order valence-electron chi connectivity index (χ3n) is 4.97. The minimum absolute atomic E-state index is 0.0679. The van der Waals surface area contributed by atoms with Crippen LogP contribution in [0.4, 0.5) is 0 Å². The predicted octanol–water partition coefficient (Wildman–Crippen LogP) is 2.35. The van der Waals surface area contributed by atoms with Crippen LogP contribution in [0, 0.1) is 6.92 Å². The molecular weight excluding hydrogens is 368 g/mol. The molecule has 1 N–H and O–H groups in total. The molecule has 1 aliphatic rings. The molecule has 154 valence electrons. The molecule has 6 heteroatoms. The second-order valence-electron chi connectivity index (χ2n) is 7.30. The minimum atomic E-state index is -0.544. The van der Waals surface area contributed by atoms with E-state index in [0.717, 1.165) is 16.9 Å². The van der Waals surface area contributed by atoms with Crippen molar-refractivity contribution in [2.45, 2.75) is 31.9 Å². The van der Waals surface area contributed by atoms with E-state index in [-0.39, 0.29) is 24.3 Å². The van der Waals surface area contributed by atoms with E-state index in [1.807, 2.05) is 61.5 Å². The van der Waals surface area contributed by atoms with Gasteiger partial charge in [0.2, 0.25) is 11.8 Å². The lowest BCUT2D eigenvalue weighted by molar-refractivity contribution is -0.138.